The Morgan fingerprint density at radius 1 is 1.20 bits per heavy atom. The second-order valence-corrected chi connectivity index (χ2v) is 5.94. The Balaban J connectivity index is 2.12. The zero-order valence-electron chi connectivity index (χ0n) is 10.1. The fourth-order valence-corrected chi connectivity index (χ4v) is 3.50. The minimum absolute atomic E-state index is 0.0763. The van der Waals surface area contributed by atoms with Crippen LogP contribution in [0.4, 0.5) is 5.69 Å². The second kappa shape index (κ2) is 4.77. The van der Waals surface area contributed by atoms with Gasteiger partial charge in [0.15, 0.2) is 10.2 Å². The van der Waals surface area contributed by atoms with Crippen molar-refractivity contribution in [2.24, 2.45) is 0 Å². The maximum absolute atomic E-state index is 12.4. The molecule has 0 saturated carbocycles. The molecule has 0 bridgehead atoms. The van der Waals surface area contributed by atoms with Crippen LogP contribution in [0.3, 0.4) is 0 Å². The van der Waals surface area contributed by atoms with Crippen molar-refractivity contribution in [2.75, 3.05) is 4.72 Å². The highest BCUT2D eigenvalue weighted by molar-refractivity contribution is 7.92. The largest absolute Gasteiger partial charge is 0.288 e. The maximum Gasteiger partial charge on any atom is 0.281 e. The molecule has 0 aromatic carbocycles. The van der Waals surface area contributed by atoms with E-state index in [-0.39, 0.29) is 10.2 Å². The molecule has 0 amide bonds. The topological polar surface area (TPSA) is 76.4 Å². The van der Waals surface area contributed by atoms with Crippen LogP contribution >= 0.6 is 11.6 Å². The van der Waals surface area contributed by atoms with E-state index in [0.29, 0.717) is 11.3 Å². The first-order chi connectivity index (χ1) is 9.58. The van der Waals surface area contributed by atoms with Crippen LogP contribution in [-0.2, 0) is 10.0 Å². The van der Waals surface area contributed by atoms with E-state index < -0.39 is 10.0 Å². The standard InChI is InChI=1S/C12H9ClN4O2S/c13-11-12(17-7-2-1-5-10(17)15-11)20(18,19)16-9-4-3-6-14-8-9/h1-8,16H. The van der Waals surface area contributed by atoms with Crippen LogP contribution in [0.1, 0.15) is 0 Å². The van der Waals surface area contributed by atoms with Gasteiger partial charge in [-0.2, -0.15) is 8.42 Å². The van der Waals surface area contributed by atoms with E-state index in [1.54, 1.807) is 42.7 Å². The molecular formula is C12H9ClN4O2S. The van der Waals surface area contributed by atoms with Crippen molar-refractivity contribution in [3.05, 3.63) is 54.1 Å². The average Bonchev–Trinajstić information content (AvgIpc) is 2.75. The molecule has 0 atom stereocenters. The van der Waals surface area contributed by atoms with Crippen LogP contribution in [-0.4, -0.2) is 22.8 Å². The van der Waals surface area contributed by atoms with Gasteiger partial charge in [-0.3, -0.25) is 14.1 Å². The van der Waals surface area contributed by atoms with E-state index in [1.807, 2.05) is 0 Å². The van der Waals surface area contributed by atoms with E-state index in [4.69, 9.17) is 11.6 Å². The first kappa shape index (κ1) is 12.9. The van der Waals surface area contributed by atoms with E-state index in [1.165, 1.54) is 10.6 Å². The third-order valence-corrected chi connectivity index (χ3v) is 4.39. The predicted octanol–water partition coefficient (Wildman–Crippen LogP) is 2.18. The third-order valence-electron chi connectivity index (χ3n) is 2.61. The summed E-state index contributed by atoms with van der Waals surface area (Å²) in [5.74, 6) is 0. The number of aromatic nitrogens is 3. The molecule has 0 radical (unpaired) electrons. The Hall–Kier alpha value is -2.12. The summed E-state index contributed by atoms with van der Waals surface area (Å²) < 4.78 is 28.7. The zero-order valence-corrected chi connectivity index (χ0v) is 11.6. The Kier molecular flexibility index (Phi) is 3.07. The monoisotopic (exact) mass is 308 g/mol. The number of hydrogen-bond donors (Lipinski definition) is 1. The highest BCUT2D eigenvalue weighted by Gasteiger charge is 2.24. The van der Waals surface area contributed by atoms with Gasteiger partial charge in [0.1, 0.15) is 5.65 Å². The lowest BCUT2D eigenvalue weighted by Crippen LogP contribution is -2.15. The molecule has 3 heterocycles. The highest BCUT2D eigenvalue weighted by atomic mass is 35.5. The number of imidazole rings is 1. The maximum atomic E-state index is 12.4. The summed E-state index contributed by atoms with van der Waals surface area (Å²) >= 11 is 5.95. The van der Waals surface area contributed by atoms with Gasteiger partial charge in [0.05, 0.1) is 11.9 Å². The third kappa shape index (κ3) is 2.21. The van der Waals surface area contributed by atoms with Crippen molar-refractivity contribution in [1.29, 1.82) is 0 Å². The van der Waals surface area contributed by atoms with Crippen LogP contribution in [0.25, 0.3) is 5.65 Å². The Morgan fingerprint density at radius 3 is 2.80 bits per heavy atom. The zero-order chi connectivity index (χ0) is 14.2. The van der Waals surface area contributed by atoms with E-state index in [9.17, 15) is 8.42 Å². The van der Waals surface area contributed by atoms with Crippen LogP contribution in [0.5, 0.6) is 0 Å². The van der Waals surface area contributed by atoms with Gasteiger partial charge < -0.3 is 0 Å². The molecule has 0 aliphatic carbocycles. The van der Waals surface area contributed by atoms with E-state index in [2.05, 4.69) is 14.7 Å². The molecule has 6 nitrogen and oxygen atoms in total. The van der Waals surface area contributed by atoms with Gasteiger partial charge in [0, 0.05) is 12.4 Å². The summed E-state index contributed by atoms with van der Waals surface area (Å²) in [6, 6.07) is 8.36. The molecule has 102 valence electrons. The Morgan fingerprint density at radius 2 is 2.05 bits per heavy atom. The normalized spacial score (nSPS) is 11.7. The second-order valence-electron chi connectivity index (χ2n) is 3.98. The molecule has 0 aliphatic rings. The number of sulfonamides is 1. The number of rotatable bonds is 3. The Bertz CT molecular complexity index is 862. The number of anilines is 1. The number of hydrogen-bond acceptors (Lipinski definition) is 4. The Labute approximate surface area is 120 Å². The van der Waals surface area contributed by atoms with Gasteiger partial charge in [-0.05, 0) is 24.3 Å². The van der Waals surface area contributed by atoms with Crippen molar-refractivity contribution < 1.29 is 8.42 Å². The van der Waals surface area contributed by atoms with Gasteiger partial charge >= 0.3 is 0 Å². The molecule has 0 aliphatic heterocycles. The van der Waals surface area contributed by atoms with Crippen molar-refractivity contribution in [2.45, 2.75) is 5.03 Å². The fourth-order valence-electron chi connectivity index (χ4n) is 1.81. The highest BCUT2D eigenvalue weighted by Crippen LogP contribution is 2.24. The molecule has 0 saturated heterocycles. The van der Waals surface area contributed by atoms with Crippen molar-refractivity contribution in [3.63, 3.8) is 0 Å². The molecule has 3 aromatic heterocycles. The first-order valence-corrected chi connectivity index (χ1v) is 7.49. The summed E-state index contributed by atoms with van der Waals surface area (Å²) in [4.78, 5) is 7.87. The van der Waals surface area contributed by atoms with E-state index >= 15 is 0 Å². The summed E-state index contributed by atoms with van der Waals surface area (Å²) in [5, 5.41) is -0.175. The van der Waals surface area contributed by atoms with Crippen LogP contribution in [0.15, 0.2) is 53.9 Å². The summed E-state index contributed by atoms with van der Waals surface area (Å²) in [6.45, 7) is 0. The number of fused-ring (bicyclic) bond motifs is 1. The van der Waals surface area contributed by atoms with Gasteiger partial charge in [0.2, 0.25) is 0 Å². The smallest absolute Gasteiger partial charge is 0.281 e. The van der Waals surface area contributed by atoms with Gasteiger partial charge in [0.25, 0.3) is 10.0 Å². The lowest BCUT2D eigenvalue weighted by molar-refractivity contribution is 0.596. The molecule has 0 spiro atoms. The lowest BCUT2D eigenvalue weighted by atomic mass is 10.4. The summed E-state index contributed by atoms with van der Waals surface area (Å²) in [5.41, 5.74) is 0.818. The van der Waals surface area contributed by atoms with Gasteiger partial charge in [-0.1, -0.05) is 17.7 Å². The molecule has 1 N–H and O–H groups in total. The minimum Gasteiger partial charge on any atom is -0.288 e. The SMILES string of the molecule is O=S(=O)(Nc1cccnc1)c1c(Cl)nc2ccccn12. The lowest BCUT2D eigenvalue weighted by Gasteiger charge is -2.07. The first-order valence-electron chi connectivity index (χ1n) is 5.63. The van der Waals surface area contributed by atoms with Crippen LogP contribution < -0.4 is 4.72 Å². The van der Waals surface area contributed by atoms with Crippen molar-refractivity contribution in [3.8, 4) is 0 Å². The predicted molar refractivity (Wildman–Crippen MR) is 75.2 cm³/mol. The van der Waals surface area contributed by atoms with Gasteiger partial charge in [-0.15, -0.1) is 0 Å². The molecule has 0 unspecified atom stereocenters. The average molecular weight is 309 g/mol. The molecule has 3 aromatic rings. The summed E-state index contributed by atoms with van der Waals surface area (Å²) in [7, 11) is -3.85. The van der Waals surface area contributed by atoms with Crippen LogP contribution in [0, 0.1) is 0 Å². The van der Waals surface area contributed by atoms with Gasteiger partial charge in [-0.25, -0.2) is 4.98 Å². The number of halogens is 1. The van der Waals surface area contributed by atoms with E-state index in [0.717, 1.165) is 0 Å². The van der Waals surface area contributed by atoms with Crippen molar-refractivity contribution >= 4 is 33.0 Å². The van der Waals surface area contributed by atoms with Crippen LogP contribution in [0.2, 0.25) is 5.15 Å². The van der Waals surface area contributed by atoms with Crippen molar-refractivity contribution in [1.82, 2.24) is 14.4 Å². The summed E-state index contributed by atoms with van der Waals surface area (Å²) in [6.07, 6.45) is 4.56. The fraction of sp³-hybridized carbons (Fsp3) is 0. The quantitative estimate of drug-likeness (QED) is 0.804. The number of nitrogens with zero attached hydrogens (tertiary/aromatic N) is 3. The molecular weight excluding hydrogens is 300 g/mol. The molecule has 0 fully saturated rings. The molecule has 20 heavy (non-hydrogen) atoms. The minimum atomic E-state index is -3.85. The number of pyridine rings is 2. The number of nitrogens with one attached hydrogen (secondary N) is 1. The molecule has 8 heteroatoms. The molecule has 3 rings (SSSR count).